The molecule has 2 atom stereocenters. The Hall–Kier alpha value is -0.610. The van der Waals surface area contributed by atoms with E-state index in [1.54, 1.807) is 0 Å². The highest BCUT2D eigenvalue weighted by Gasteiger charge is 2.24. The van der Waals surface area contributed by atoms with Gasteiger partial charge in [-0.3, -0.25) is 4.79 Å². The van der Waals surface area contributed by atoms with E-state index in [-0.39, 0.29) is 17.9 Å². The molecule has 0 radical (unpaired) electrons. The van der Waals surface area contributed by atoms with Crippen molar-refractivity contribution in [1.29, 1.82) is 0 Å². The predicted molar refractivity (Wildman–Crippen MR) is 75.3 cm³/mol. The van der Waals surface area contributed by atoms with Gasteiger partial charge in [0.1, 0.15) is 0 Å². The summed E-state index contributed by atoms with van der Waals surface area (Å²) >= 11 is 0. The first kappa shape index (κ1) is 15.4. The van der Waals surface area contributed by atoms with Crippen LogP contribution in [0.5, 0.6) is 0 Å². The first-order valence-electron chi connectivity index (χ1n) is 7.36. The van der Waals surface area contributed by atoms with Gasteiger partial charge in [0.15, 0.2) is 0 Å². The van der Waals surface area contributed by atoms with Crippen LogP contribution in [0.15, 0.2) is 0 Å². The SMILES string of the molecule is CCCN1CCC(NC(=O)C(N)C(C)CC)CC1. The van der Waals surface area contributed by atoms with Crippen LogP contribution in [0.25, 0.3) is 0 Å². The molecule has 0 aromatic rings. The summed E-state index contributed by atoms with van der Waals surface area (Å²) in [5.74, 6) is 0.281. The predicted octanol–water partition coefficient (Wildman–Crippen LogP) is 1.35. The first-order chi connectivity index (χ1) is 8.58. The number of amides is 1. The average Bonchev–Trinajstić information content (AvgIpc) is 2.39. The van der Waals surface area contributed by atoms with E-state index in [9.17, 15) is 4.79 Å². The van der Waals surface area contributed by atoms with E-state index in [0.29, 0.717) is 6.04 Å². The highest BCUT2D eigenvalue weighted by Crippen LogP contribution is 2.12. The number of hydrogen-bond donors (Lipinski definition) is 2. The molecular weight excluding hydrogens is 226 g/mol. The standard InChI is InChI=1S/C14H29N3O/c1-4-8-17-9-6-12(7-10-17)16-14(18)13(15)11(3)5-2/h11-13H,4-10,15H2,1-3H3,(H,16,18). The molecule has 0 bridgehead atoms. The van der Waals surface area contributed by atoms with E-state index in [1.807, 2.05) is 6.92 Å². The van der Waals surface area contributed by atoms with Crippen molar-refractivity contribution in [2.75, 3.05) is 19.6 Å². The topological polar surface area (TPSA) is 58.4 Å². The maximum atomic E-state index is 12.0. The summed E-state index contributed by atoms with van der Waals surface area (Å²) in [6.45, 7) is 9.68. The van der Waals surface area contributed by atoms with Crippen LogP contribution in [0, 0.1) is 5.92 Å². The van der Waals surface area contributed by atoms with Crippen molar-refractivity contribution < 1.29 is 4.79 Å². The summed E-state index contributed by atoms with van der Waals surface area (Å²) in [5.41, 5.74) is 5.94. The Bertz CT molecular complexity index is 249. The van der Waals surface area contributed by atoms with E-state index in [1.165, 1.54) is 13.0 Å². The second-order valence-electron chi connectivity index (χ2n) is 5.54. The molecule has 3 N–H and O–H groups in total. The Labute approximate surface area is 111 Å². The van der Waals surface area contributed by atoms with E-state index < -0.39 is 0 Å². The second kappa shape index (κ2) is 7.74. The molecule has 1 saturated heterocycles. The quantitative estimate of drug-likeness (QED) is 0.753. The lowest BCUT2D eigenvalue weighted by Gasteiger charge is -2.33. The van der Waals surface area contributed by atoms with Crippen molar-refractivity contribution in [3.63, 3.8) is 0 Å². The van der Waals surface area contributed by atoms with Crippen molar-refractivity contribution in [1.82, 2.24) is 10.2 Å². The van der Waals surface area contributed by atoms with Gasteiger partial charge in [0.25, 0.3) is 0 Å². The van der Waals surface area contributed by atoms with Gasteiger partial charge in [-0.2, -0.15) is 0 Å². The highest BCUT2D eigenvalue weighted by atomic mass is 16.2. The number of nitrogens with zero attached hydrogens (tertiary/aromatic N) is 1. The lowest BCUT2D eigenvalue weighted by Crippen LogP contribution is -2.51. The smallest absolute Gasteiger partial charge is 0.237 e. The lowest BCUT2D eigenvalue weighted by molar-refractivity contribution is -0.124. The number of likely N-dealkylation sites (tertiary alicyclic amines) is 1. The van der Waals surface area contributed by atoms with Crippen molar-refractivity contribution in [2.45, 2.75) is 58.5 Å². The third-order valence-electron chi connectivity index (χ3n) is 4.03. The average molecular weight is 255 g/mol. The van der Waals surface area contributed by atoms with Gasteiger partial charge in [-0.15, -0.1) is 0 Å². The fraction of sp³-hybridized carbons (Fsp3) is 0.929. The molecule has 2 unspecified atom stereocenters. The molecule has 1 rings (SSSR count). The summed E-state index contributed by atoms with van der Waals surface area (Å²) in [6.07, 6.45) is 4.26. The van der Waals surface area contributed by atoms with Crippen LogP contribution in [0.3, 0.4) is 0 Å². The van der Waals surface area contributed by atoms with Gasteiger partial charge in [-0.25, -0.2) is 0 Å². The molecule has 0 aromatic heterocycles. The maximum Gasteiger partial charge on any atom is 0.237 e. The Morgan fingerprint density at radius 3 is 2.50 bits per heavy atom. The fourth-order valence-electron chi connectivity index (χ4n) is 2.43. The number of piperidine rings is 1. The molecule has 0 saturated carbocycles. The first-order valence-corrected chi connectivity index (χ1v) is 7.36. The van der Waals surface area contributed by atoms with Gasteiger partial charge in [0, 0.05) is 19.1 Å². The normalized spacial score (nSPS) is 21.6. The van der Waals surface area contributed by atoms with Crippen molar-refractivity contribution >= 4 is 5.91 Å². The molecule has 4 nitrogen and oxygen atoms in total. The molecule has 106 valence electrons. The number of carbonyl (C=O) groups excluding carboxylic acids is 1. The second-order valence-corrected chi connectivity index (χ2v) is 5.54. The van der Waals surface area contributed by atoms with Crippen molar-refractivity contribution in [2.24, 2.45) is 11.7 Å². The third-order valence-corrected chi connectivity index (χ3v) is 4.03. The van der Waals surface area contributed by atoms with Crippen LogP contribution in [-0.4, -0.2) is 42.5 Å². The summed E-state index contributed by atoms with van der Waals surface area (Å²) in [6, 6.07) is -0.0376. The molecule has 4 heteroatoms. The van der Waals surface area contributed by atoms with E-state index in [0.717, 1.165) is 32.4 Å². The van der Waals surface area contributed by atoms with Gasteiger partial charge in [0.2, 0.25) is 5.91 Å². The Morgan fingerprint density at radius 2 is 2.00 bits per heavy atom. The highest BCUT2D eigenvalue weighted by molar-refractivity contribution is 5.82. The van der Waals surface area contributed by atoms with E-state index >= 15 is 0 Å². The van der Waals surface area contributed by atoms with Crippen LogP contribution < -0.4 is 11.1 Å². The van der Waals surface area contributed by atoms with Gasteiger partial charge in [-0.1, -0.05) is 27.2 Å². The maximum absolute atomic E-state index is 12.0. The minimum Gasteiger partial charge on any atom is -0.352 e. The largest absolute Gasteiger partial charge is 0.352 e. The Balaban J connectivity index is 2.30. The minimum atomic E-state index is -0.358. The summed E-state index contributed by atoms with van der Waals surface area (Å²) in [5, 5.41) is 3.11. The van der Waals surface area contributed by atoms with Crippen LogP contribution in [0.2, 0.25) is 0 Å². The van der Waals surface area contributed by atoms with Crippen LogP contribution in [0.4, 0.5) is 0 Å². The molecule has 18 heavy (non-hydrogen) atoms. The molecular formula is C14H29N3O. The molecule has 1 amide bonds. The zero-order valence-corrected chi connectivity index (χ0v) is 12.1. The number of rotatable bonds is 6. The van der Waals surface area contributed by atoms with Crippen LogP contribution in [0.1, 0.15) is 46.5 Å². The van der Waals surface area contributed by atoms with Gasteiger partial charge >= 0.3 is 0 Å². The van der Waals surface area contributed by atoms with Crippen LogP contribution in [-0.2, 0) is 4.79 Å². The molecule has 0 aliphatic carbocycles. The number of nitrogens with two attached hydrogens (primary N) is 1. The summed E-state index contributed by atoms with van der Waals surface area (Å²) in [7, 11) is 0. The van der Waals surface area contributed by atoms with Gasteiger partial charge in [0.05, 0.1) is 6.04 Å². The number of carbonyl (C=O) groups is 1. The third kappa shape index (κ3) is 4.58. The number of nitrogens with one attached hydrogen (secondary N) is 1. The molecule has 0 spiro atoms. The van der Waals surface area contributed by atoms with E-state index in [4.69, 9.17) is 5.73 Å². The molecule has 0 aromatic carbocycles. The zero-order valence-electron chi connectivity index (χ0n) is 12.1. The molecule has 1 aliphatic rings. The monoisotopic (exact) mass is 255 g/mol. The molecule has 1 fully saturated rings. The van der Waals surface area contributed by atoms with Gasteiger partial charge in [-0.05, 0) is 31.7 Å². The number of hydrogen-bond acceptors (Lipinski definition) is 3. The van der Waals surface area contributed by atoms with Gasteiger partial charge < -0.3 is 16.0 Å². The molecule has 1 aliphatic heterocycles. The minimum absolute atomic E-state index is 0.0262. The summed E-state index contributed by atoms with van der Waals surface area (Å²) < 4.78 is 0. The van der Waals surface area contributed by atoms with Crippen LogP contribution >= 0.6 is 0 Å². The Kier molecular flexibility index (Phi) is 6.65. The van der Waals surface area contributed by atoms with E-state index in [2.05, 4.69) is 24.1 Å². The zero-order chi connectivity index (χ0) is 13.5. The Morgan fingerprint density at radius 1 is 1.39 bits per heavy atom. The molecule has 1 heterocycles. The van der Waals surface area contributed by atoms with Crippen molar-refractivity contribution in [3.05, 3.63) is 0 Å². The van der Waals surface area contributed by atoms with Crippen molar-refractivity contribution in [3.8, 4) is 0 Å². The lowest BCUT2D eigenvalue weighted by atomic mass is 9.98. The fourth-order valence-corrected chi connectivity index (χ4v) is 2.43. The summed E-state index contributed by atoms with van der Waals surface area (Å²) in [4.78, 5) is 14.4.